The van der Waals surface area contributed by atoms with Crippen LogP contribution in [0.1, 0.15) is 28.8 Å². The molecule has 5 heteroatoms. The Morgan fingerprint density at radius 2 is 2.25 bits per heavy atom. The second-order valence-electron chi connectivity index (χ2n) is 5.47. The number of ether oxygens (including phenoxy) is 1. The molecule has 3 rings (SSSR count). The zero-order chi connectivity index (χ0) is 14.1. The average Bonchev–Trinajstić information content (AvgIpc) is 3.20. The van der Waals surface area contributed by atoms with Crippen molar-refractivity contribution in [3.05, 3.63) is 35.4 Å². The molecule has 1 saturated heterocycles. The molecule has 2 fully saturated rings. The summed E-state index contributed by atoms with van der Waals surface area (Å²) in [6.07, 6.45) is 1.65. The van der Waals surface area contributed by atoms with Crippen LogP contribution < -0.4 is 5.32 Å². The largest absolute Gasteiger partial charge is 0.442 e. The van der Waals surface area contributed by atoms with E-state index in [1.165, 1.54) is 0 Å². The lowest BCUT2D eigenvalue weighted by Gasteiger charge is -2.11. The quantitative estimate of drug-likeness (QED) is 0.909. The summed E-state index contributed by atoms with van der Waals surface area (Å²) in [4.78, 5) is 25.4. The Labute approximate surface area is 117 Å². The van der Waals surface area contributed by atoms with Crippen LogP contribution in [0.4, 0.5) is 4.79 Å². The molecular weight excluding hydrogens is 256 g/mol. The zero-order valence-corrected chi connectivity index (χ0v) is 11.5. The summed E-state index contributed by atoms with van der Waals surface area (Å²) < 4.78 is 5.26. The number of amides is 2. The molecule has 1 aliphatic heterocycles. The first kappa shape index (κ1) is 13.0. The van der Waals surface area contributed by atoms with Crippen LogP contribution in [0.2, 0.25) is 0 Å². The molecule has 2 amide bonds. The number of carbonyl (C=O) groups is 2. The molecule has 0 aromatic heterocycles. The van der Waals surface area contributed by atoms with Gasteiger partial charge < -0.3 is 15.0 Å². The molecule has 1 saturated carbocycles. The predicted octanol–water partition coefficient (Wildman–Crippen LogP) is 1.71. The van der Waals surface area contributed by atoms with Crippen molar-refractivity contribution in [1.82, 2.24) is 10.2 Å². The van der Waals surface area contributed by atoms with Gasteiger partial charge in [-0.15, -0.1) is 0 Å². The second-order valence-corrected chi connectivity index (χ2v) is 5.47. The van der Waals surface area contributed by atoms with E-state index in [4.69, 9.17) is 4.74 Å². The summed E-state index contributed by atoms with van der Waals surface area (Å²) in [7, 11) is 0. The van der Waals surface area contributed by atoms with Crippen molar-refractivity contribution < 1.29 is 14.3 Å². The van der Waals surface area contributed by atoms with Crippen LogP contribution in [-0.4, -0.2) is 42.1 Å². The first-order valence-corrected chi connectivity index (χ1v) is 6.95. The van der Waals surface area contributed by atoms with Gasteiger partial charge in [-0.3, -0.25) is 4.79 Å². The molecule has 5 nitrogen and oxygen atoms in total. The van der Waals surface area contributed by atoms with Crippen LogP contribution >= 0.6 is 0 Å². The van der Waals surface area contributed by atoms with Gasteiger partial charge in [0.05, 0.1) is 13.1 Å². The molecule has 1 aliphatic carbocycles. The highest BCUT2D eigenvalue weighted by Gasteiger charge is 2.40. The van der Waals surface area contributed by atoms with E-state index in [1.54, 1.807) is 11.0 Å². The number of nitrogens with one attached hydrogen (secondary N) is 1. The van der Waals surface area contributed by atoms with Crippen molar-refractivity contribution >= 4 is 12.0 Å². The highest BCUT2D eigenvalue weighted by atomic mass is 16.6. The first-order valence-electron chi connectivity index (χ1n) is 6.95. The van der Waals surface area contributed by atoms with Gasteiger partial charge in [-0.1, -0.05) is 17.7 Å². The van der Waals surface area contributed by atoms with Gasteiger partial charge in [0.1, 0.15) is 6.10 Å². The minimum Gasteiger partial charge on any atom is -0.442 e. The Bertz CT molecular complexity index is 540. The van der Waals surface area contributed by atoms with Gasteiger partial charge >= 0.3 is 6.09 Å². The van der Waals surface area contributed by atoms with Crippen LogP contribution in [0.5, 0.6) is 0 Å². The maximum absolute atomic E-state index is 12.0. The van der Waals surface area contributed by atoms with Crippen LogP contribution in [0.15, 0.2) is 24.3 Å². The number of aryl methyl sites for hydroxylation is 1. The fourth-order valence-corrected chi connectivity index (χ4v) is 2.43. The maximum Gasteiger partial charge on any atom is 0.410 e. The van der Waals surface area contributed by atoms with E-state index < -0.39 is 0 Å². The van der Waals surface area contributed by atoms with Crippen LogP contribution in [0.3, 0.4) is 0 Å². The fraction of sp³-hybridized carbons (Fsp3) is 0.467. The number of cyclic esters (lactones) is 1. The second kappa shape index (κ2) is 5.15. The number of hydrogen-bond donors (Lipinski definition) is 1. The van der Waals surface area contributed by atoms with Crippen molar-refractivity contribution in [1.29, 1.82) is 0 Å². The highest BCUT2D eigenvalue weighted by molar-refractivity contribution is 5.94. The number of hydrogen-bond acceptors (Lipinski definition) is 3. The molecule has 20 heavy (non-hydrogen) atoms. The molecule has 0 bridgehead atoms. The number of carbonyl (C=O) groups excluding carboxylic acids is 2. The summed E-state index contributed by atoms with van der Waals surface area (Å²) in [6, 6.07) is 7.78. The molecule has 2 aliphatic rings. The lowest BCUT2D eigenvalue weighted by Crippen LogP contribution is -2.35. The monoisotopic (exact) mass is 274 g/mol. The molecule has 1 heterocycles. The topological polar surface area (TPSA) is 58.6 Å². The van der Waals surface area contributed by atoms with Crippen LogP contribution in [0, 0.1) is 6.92 Å². The van der Waals surface area contributed by atoms with Crippen molar-refractivity contribution in [3.8, 4) is 0 Å². The van der Waals surface area contributed by atoms with Gasteiger partial charge in [0.15, 0.2) is 0 Å². The standard InChI is InChI=1S/C15H18N2O3/c1-10-3-2-4-11(7-10)14(18)16-8-13-9-17(12-5-6-12)15(19)20-13/h2-4,7,12-13H,5-6,8-9H2,1H3,(H,16,18). The van der Waals surface area contributed by atoms with E-state index in [1.807, 2.05) is 25.1 Å². The molecule has 1 aromatic rings. The molecule has 106 valence electrons. The zero-order valence-electron chi connectivity index (χ0n) is 11.5. The lowest BCUT2D eigenvalue weighted by molar-refractivity contribution is 0.0914. The van der Waals surface area contributed by atoms with Gasteiger partial charge in [0.2, 0.25) is 0 Å². The van der Waals surface area contributed by atoms with Gasteiger partial charge in [-0.25, -0.2) is 4.79 Å². The molecule has 0 radical (unpaired) electrons. The average molecular weight is 274 g/mol. The van der Waals surface area contributed by atoms with Gasteiger partial charge in [0, 0.05) is 11.6 Å². The van der Waals surface area contributed by atoms with Gasteiger partial charge in [-0.05, 0) is 31.9 Å². The number of rotatable bonds is 4. The molecule has 1 unspecified atom stereocenters. The van der Waals surface area contributed by atoms with Crippen LogP contribution in [0.25, 0.3) is 0 Å². The third-order valence-corrected chi connectivity index (χ3v) is 3.66. The van der Waals surface area contributed by atoms with Crippen molar-refractivity contribution in [2.45, 2.75) is 31.9 Å². The van der Waals surface area contributed by atoms with Crippen molar-refractivity contribution in [2.24, 2.45) is 0 Å². The normalized spacial score (nSPS) is 21.8. The summed E-state index contributed by atoms with van der Waals surface area (Å²) in [5, 5.41) is 2.83. The van der Waals surface area contributed by atoms with E-state index >= 15 is 0 Å². The molecule has 0 spiro atoms. The molecule has 1 atom stereocenters. The Morgan fingerprint density at radius 3 is 2.95 bits per heavy atom. The predicted molar refractivity (Wildman–Crippen MR) is 73.5 cm³/mol. The Morgan fingerprint density at radius 1 is 1.45 bits per heavy atom. The number of nitrogens with zero attached hydrogens (tertiary/aromatic N) is 1. The van der Waals surface area contributed by atoms with Crippen LogP contribution in [-0.2, 0) is 4.74 Å². The van der Waals surface area contributed by atoms with Gasteiger partial charge in [0.25, 0.3) is 5.91 Å². The molecular formula is C15H18N2O3. The third kappa shape index (κ3) is 2.76. The van der Waals surface area contributed by atoms with E-state index in [9.17, 15) is 9.59 Å². The van der Waals surface area contributed by atoms with Crippen molar-refractivity contribution in [3.63, 3.8) is 0 Å². The van der Waals surface area contributed by atoms with E-state index in [2.05, 4.69) is 5.32 Å². The number of benzene rings is 1. The Kier molecular flexibility index (Phi) is 3.34. The first-order chi connectivity index (χ1) is 9.63. The molecule has 1 N–H and O–H groups in total. The molecule has 1 aromatic carbocycles. The summed E-state index contributed by atoms with van der Waals surface area (Å²) in [5.74, 6) is -0.130. The Balaban J connectivity index is 1.52. The summed E-state index contributed by atoms with van der Waals surface area (Å²) in [6.45, 7) is 2.89. The van der Waals surface area contributed by atoms with E-state index in [-0.39, 0.29) is 18.1 Å². The summed E-state index contributed by atoms with van der Waals surface area (Å²) in [5.41, 5.74) is 1.68. The lowest BCUT2D eigenvalue weighted by atomic mass is 10.1. The minimum absolute atomic E-state index is 0.130. The summed E-state index contributed by atoms with van der Waals surface area (Å²) >= 11 is 0. The van der Waals surface area contributed by atoms with Gasteiger partial charge in [-0.2, -0.15) is 0 Å². The minimum atomic E-state index is -0.248. The fourth-order valence-electron chi connectivity index (χ4n) is 2.43. The van der Waals surface area contributed by atoms with E-state index in [0.29, 0.717) is 24.7 Å². The third-order valence-electron chi connectivity index (χ3n) is 3.66. The Hall–Kier alpha value is -2.04. The van der Waals surface area contributed by atoms with Crippen molar-refractivity contribution in [2.75, 3.05) is 13.1 Å². The smallest absolute Gasteiger partial charge is 0.410 e. The highest BCUT2D eigenvalue weighted by Crippen LogP contribution is 2.30. The van der Waals surface area contributed by atoms with E-state index in [0.717, 1.165) is 18.4 Å². The SMILES string of the molecule is Cc1cccc(C(=O)NCC2CN(C3CC3)C(=O)O2)c1. The maximum atomic E-state index is 12.0.